The monoisotopic (exact) mass is 459 g/mol. The van der Waals surface area contributed by atoms with Crippen LogP contribution in [0.2, 0.25) is 0 Å². The Morgan fingerprint density at radius 1 is 0.971 bits per heavy atom. The van der Waals surface area contributed by atoms with Crippen LogP contribution in [0.5, 0.6) is 17.2 Å². The maximum atomic E-state index is 13.3. The van der Waals surface area contributed by atoms with Crippen LogP contribution in [0.3, 0.4) is 0 Å². The summed E-state index contributed by atoms with van der Waals surface area (Å²) < 4.78 is 16.3. The van der Waals surface area contributed by atoms with Gasteiger partial charge in [-0.3, -0.25) is 9.59 Å². The van der Waals surface area contributed by atoms with Gasteiger partial charge in [-0.15, -0.1) is 0 Å². The molecule has 0 bridgehead atoms. The zero-order chi connectivity index (χ0) is 24.1. The van der Waals surface area contributed by atoms with Crippen LogP contribution in [-0.4, -0.2) is 43.4 Å². The third kappa shape index (κ3) is 4.71. The number of nitrogens with two attached hydrogens (primary N) is 1. The predicted molar refractivity (Wildman–Crippen MR) is 127 cm³/mol. The van der Waals surface area contributed by atoms with E-state index in [0.29, 0.717) is 12.2 Å². The molecule has 1 aliphatic rings. The maximum Gasteiger partial charge on any atom is 0.281 e. The third-order valence-electron chi connectivity index (χ3n) is 5.58. The molecule has 1 aliphatic heterocycles. The van der Waals surface area contributed by atoms with E-state index in [1.165, 1.54) is 18.2 Å². The standard InChI is InChI=1S/C26H25N3O5/c1-32-19-13-11-18(12-14-19)22-15-21(17-7-4-3-5-8-17)28-29(22)24(30)16-34-25-20(26(27)31)9-6-10-23(25)33-2/h3-14,22H,15-16H2,1-2H3,(H2,27,31). The van der Waals surface area contributed by atoms with E-state index < -0.39 is 5.91 Å². The van der Waals surface area contributed by atoms with Gasteiger partial charge in [0.15, 0.2) is 18.1 Å². The van der Waals surface area contributed by atoms with Crippen molar-refractivity contribution in [2.24, 2.45) is 10.8 Å². The minimum absolute atomic E-state index is 0.123. The molecule has 1 heterocycles. The number of primary amides is 1. The van der Waals surface area contributed by atoms with Gasteiger partial charge >= 0.3 is 0 Å². The number of hydrazone groups is 1. The van der Waals surface area contributed by atoms with Gasteiger partial charge in [0, 0.05) is 6.42 Å². The lowest BCUT2D eigenvalue weighted by atomic mass is 9.98. The van der Waals surface area contributed by atoms with E-state index in [0.717, 1.165) is 22.6 Å². The van der Waals surface area contributed by atoms with Gasteiger partial charge in [-0.1, -0.05) is 48.5 Å². The highest BCUT2D eigenvalue weighted by atomic mass is 16.5. The molecule has 0 fully saturated rings. The number of carbonyl (C=O) groups excluding carboxylic acids is 2. The predicted octanol–water partition coefficient (Wildman–Crippen LogP) is 3.56. The Morgan fingerprint density at radius 3 is 2.35 bits per heavy atom. The lowest BCUT2D eigenvalue weighted by molar-refractivity contribution is -0.135. The van der Waals surface area contributed by atoms with Crippen LogP contribution in [0.15, 0.2) is 77.9 Å². The molecule has 0 aliphatic carbocycles. The molecule has 3 aromatic carbocycles. The quantitative estimate of drug-likeness (QED) is 0.555. The van der Waals surface area contributed by atoms with E-state index in [1.54, 1.807) is 19.2 Å². The van der Waals surface area contributed by atoms with E-state index in [-0.39, 0.29) is 29.9 Å². The van der Waals surface area contributed by atoms with Crippen molar-refractivity contribution in [2.45, 2.75) is 12.5 Å². The van der Waals surface area contributed by atoms with Crippen LogP contribution in [0, 0.1) is 0 Å². The minimum atomic E-state index is -0.678. The fourth-order valence-corrected chi connectivity index (χ4v) is 3.85. The largest absolute Gasteiger partial charge is 0.497 e. The molecule has 0 radical (unpaired) electrons. The van der Waals surface area contributed by atoms with E-state index in [2.05, 4.69) is 5.10 Å². The molecule has 0 saturated heterocycles. The lowest BCUT2D eigenvalue weighted by Crippen LogP contribution is -2.31. The molecule has 2 N–H and O–H groups in total. The summed E-state index contributed by atoms with van der Waals surface area (Å²) >= 11 is 0. The number of hydrogen-bond donors (Lipinski definition) is 1. The first kappa shape index (κ1) is 22.8. The molecule has 174 valence electrons. The SMILES string of the molecule is COc1ccc(C2CC(c3ccccc3)=NN2C(=O)COc2c(OC)cccc2C(N)=O)cc1. The van der Waals surface area contributed by atoms with Gasteiger partial charge in [0.05, 0.1) is 31.5 Å². The highest BCUT2D eigenvalue weighted by Gasteiger charge is 2.33. The number of nitrogens with zero attached hydrogens (tertiary/aromatic N) is 2. The molecule has 34 heavy (non-hydrogen) atoms. The number of carbonyl (C=O) groups is 2. The Morgan fingerprint density at radius 2 is 1.71 bits per heavy atom. The van der Waals surface area contributed by atoms with Crippen molar-refractivity contribution < 1.29 is 23.8 Å². The van der Waals surface area contributed by atoms with Crippen molar-refractivity contribution in [3.05, 3.63) is 89.5 Å². The minimum Gasteiger partial charge on any atom is -0.497 e. The molecule has 0 spiro atoms. The van der Waals surface area contributed by atoms with Crippen LogP contribution in [0.1, 0.15) is 33.9 Å². The average Bonchev–Trinajstić information content (AvgIpc) is 3.33. The Bertz CT molecular complexity index is 1210. The van der Waals surface area contributed by atoms with Crippen molar-refractivity contribution in [2.75, 3.05) is 20.8 Å². The second kappa shape index (κ2) is 10.1. The topological polar surface area (TPSA) is 103 Å². The van der Waals surface area contributed by atoms with Gasteiger partial charge in [0.25, 0.3) is 11.8 Å². The molecular formula is C26H25N3O5. The highest BCUT2D eigenvalue weighted by molar-refractivity contribution is 6.03. The fourth-order valence-electron chi connectivity index (χ4n) is 3.85. The van der Waals surface area contributed by atoms with Gasteiger partial charge < -0.3 is 19.9 Å². The Kier molecular flexibility index (Phi) is 6.77. The third-order valence-corrected chi connectivity index (χ3v) is 5.58. The Labute approximate surface area is 197 Å². The molecule has 2 amide bonds. The molecule has 3 aromatic rings. The number of hydrogen-bond acceptors (Lipinski definition) is 6. The molecule has 0 aromatic heterocycles. The second-order valence-corrected chi connectivity index (χ2v) is 7.63. The van der Waals surface area contributed by atoms with Crippen LogP contribution in [0.25, 0.3) is 0 Å². The molecule has 1 atom stereocenters. The van der Waals surface area contributed by atoms with Crippen molar-refractivity contribution in [3.63, 3.8) is 0 Å². The summed E-state index contributed by atoms with van der Waals surface area (Å²) in [5.41, 5.74) is 8.26. The summed E-state index contributed by atoms with van der Waals surface area (Å²) in [5.74, 6) is 0.113. The van der Waals surface area contributed by atoms with Gasteiger partial charge in [0.1, 0.15) is 5.75 Å². The van der Waals surface area contributed by atoms with Crippen molar-refractivity contribution in [1.82, 2.24) is 5.01 Å². The van der Waals surface area contributed by atoms with Gasteiger partial charge in [-0.2, -0.15) is 5.10 Å². The van der Waals surface area contributed by atoms with Crippen LogP contribution in [-0.2, 0) is 4.79 Å². The van der Waals surface area contributed by atoms with E-state index in [9.17, 15) is 9.59 Å². The summed E-state index contributed by atoms with van der Waals surface area (Å²) in [6.45, 7) is -0.348. The van der Waals surface area contributed by atoms with Crippen LogP contribution in [0.4, 0.5) is 0 Å². The summed E-state index contributed by atoms with van der Waals surface area (Å²) in [5, 5.41) is 6.07. The molecule has 1 unspecified atom stereocenters. The zero-order valence-electron chi connectivity index (χ0n) is 18.9. The molecule has 8 heteroatoms. The van der Waals surface area contributed by atoms with Gasteiger partial charge in [-0.25, -0.2) is 5.01 Å². The average molecular weight is 460 g/mol. The summed E-state index contributed by atoms with van der Waals surface area (Å²) in [6, 6.07) is 21.7. The van der Waals surface area contributed by atoms with Gasteiger partial charge in [0.2, 0.25) is 0 Å². The number of ether oxygens (including phenoxy) is 3. The number of rotatable bonds is 8. The fraction of sp³-hybridized carbons (Fsp3) is 0.192. The van der Waals surface area contributed by atoms with Crippen molar-refractivity contribution >= 4 is 17.5 Å². The summed E-state index contributed by atoms with van der Waals surface area (Å²) in [4.78, 5) is 25.1. The first-order chi connectivity index (χ1) is 16.5. The Hall–Kier alpha value is -4.33. The number of para-hydroxylation sites is 1. The van der Waals surface area contributed by atoms with Crippen molar-refractivity contribution in [3.8, 4) is 17.2 Å². The smallest absolute Gasteiger partial charge is 0.281 e. The molecule has 4 rings (SSSR count). The van der Waals surface area contributed by atoms with E-state index in [1.807, 2.05) is 54.6 Å². The molecule has 0 saturated carbocycles. The van der Waals surface area contributed by atoms with Crippen LogP contribution < -0.4 is 19.9 Å². The second-order valence-electron chi connectivity index (χ2n) is 7.63. The van der Waals surface area contributed by atoms with Gasteiger partial charge in [-0.05, 0) is 35.4 Å². The molecular weight excluding hydrogens is 434 g/mol. The van der Waals surface area contributed by atoms with E-state index >= 15 is 0 Å². The lowest BCUT2D eigenvalue weighted by Gasteiger charge is -2.23. The number of methoxy groups -OCH3 is 2. The molecule has 8 nitrogen and oxygen atoms in total. The first-order valence-corrected chi connectivity index (χ1v) is 10.7. The Balaban J connectivity index is 1.61. The normalized spacial score (nSPS) is 14.9. The number of amides is 2. The van der Waals surface area contributed by atoms with E-state index in [4.69, 9.17) is 19.9 Å². The number of benzene rings is 3. The zero-order valence-corrected chi connectivity index (χ0v) is 18.9. The summed E-state index contributed by atoms with van der Waals surface area (Å²) in [7, 11) is 3.05. The maximum absolute atomic E-state index is 13.3. The van der Waals surface area contributed by atoms with Crippen LogP contribution >= 0.6 is 0 Å². The van der Waals surface area contributed by atoms with Crippen molar-refractivity contribution in [1.29, 1.82) is 0 Å². The first-order valence-electron chi connectivity index (χ1n) is 10.7. The summed E-state index contributed by atoms with van der Waals surface area (Å²) in [6.07, 6.45) is 0.545. The highest BCUT2D eigenvalue weighted by Crippen LogP contribution is 2.35.